The van der Waals surface area contributed by atoms with Gasteiger partial charge in [-0.25, -0.2) is 9.59 Å². The molecule has 10 heteroatoms. The van der Waals surface area contributed by atoms with Crippen LogP contribution in [0.3, 0.4) is 0 Å². The third kappa shape index (κ3) is 4.40. The number of hydrogen-bond acceptors (Lipinski definition) is 8. The highest BCUT2D eigenvalue weighted by Gasteiger charge is 2.15. The second-order valence-corrected chi connectivity index (χ2v) is 8.76. The highest BCUT2D eigenvalue weighted by Crippen LogP contribution is 2.31. The van der Waals surface area contributed by atoms with Gasteiger partial charge in [0.15, 0.2) is 10.8 Å². The summed E-state index contributed by atoms with van der Waals surface area (Å²) in [5, 5.41) is 13.9. The zero-order chi connectivity index (χ0) is 24.5. The molecule has 9 nitrogen and oxygen atoms in total. The molecule has 0 aliphatic heterocycles. The number of amides is 1. The first kappa shape index (κ1) is 22.7. The van der Waals surface area contributed by atoms with E-state index in [1.165, 1.54) is 17.8 Å². The molecule has 0 spiro atoms. The molecular formula is C25H22N4O5S. The van der Waals surface area contributed by atoms with Gasteiger partial charge in [-0.2, -0.15) is 0 Å². The number of carbonyl (C=O) groups excluding carboxylic acids is 1. The Morgan fingerprint density at radius 1 is 1.11 bits per heavy atom. The van der Waals surface area contributed by atoms with E-state index in [0.29, 0.717) is 22.2 Å². The van der Waals surface area contributed by atoms with Crippen LogP contribution in [-0.4, -0.2) is 34.4 Å². The van der Waals surface area contributed by atoms with Crippen molar-refractivity contribution in [3.63, 3.8) is 0 Å². The zero-order valence-electron chi connectivity index (χ0n) is 19.3. The fourth-order valence-electron chi connectivity index (χ4n) is 3.98. The van der Waals surface area contributed by atoms with Crippen molar-refractivity contribution in [3.8, 4) is 5.75 Å². The SMILES string of the molecule is CCOC(=O)Nc1ccc2c(CSc3nnc4cc(C)c5ccc(OC)cc5n34)cc(=O)oc2c1. The van der Waals surface area contributed by atoms with E-state index in [2.05, 4.69) is 15.5 Å². The van der Waals surface area contributed by atoms with Crippen LogP contribution < -0.4 is 15.7 Å². The zero-order valence-corrected chi connectivity index (χ0v) is 20.1. The molecule has 3 heterocycles. The molecule has 0 unspecified atom stereocenters. The van der Waals surface area contributed by atoms with Gasteiger partial charge in [0.05, 0.1) is 19.2 Å². The van der Waals surface area contributed by atoms with Crippen molar-refractivity contribution in [3.05, 3.63) is 70.1 Å². The van der Waals surface area contributed by atoms with Crippen LogP contribution in [0.1, 0.15) is 18.1 Å². The Hall–Kier alpha value is -4.05. The largest absolute Gasteiger partial charge is 0.497 e. The van der Waals surface area contributed by atoms with E-state index in [9.17, 15) is 9.59 Å². The number of ether oxygens (including phenoxy) is 2. The number of nitrogens with zero attached hydrogens (tertiary/aromatic N) is 3. The summed E-state index contributed by atoms with van der Waals surface area (Å²) in [6.45, 7) is 4.02. The summed E-state index contributed by atoms with van der Waals surface area (Å²) in [7, 11) is 1.63. The van der Waals surface area contributed by atoms with Crippen LogP contribution in [0.5, 0.6) is 5.75 Å². The predicted octanol–water partition coefficient (Wildman–Crippen LogP) is 5.17. The summed E-state index contributed by atoms with van der Waals surface area (Å²) < 4.78 is 17.7. The van der Waals surface area contributed by atoms with Gasteiger partial charge in [-0.15, -0.1) is 10.2 Å². The Kier molecular flexibility index (Phi) is 6.04. The van der Waals surface area contributed by atoms with Crippen molar-refractivity contribution in [1.29, 1.82) is 0 Å². The van der Waals surface area contributed by atoms with Gasteiger partial charge in [0.25, 0.3) is 0 Å². The van der Waals surface area contributed by atoms with Crippen molar-refractivity contribution < 1.29 is 18.7 Å². The smallest absolute Gasteiger partial charge is 0.411 e. The molecule has 1 N–H and O–H groups in total. The van der Waals surface area contributed by atoms with Crippen molar-refractivity contribution in [2.45, 2.75) is 24.8 Å². The first-order valence-electron chi connectivity index (χ1n) is 10.9. The lowest BCUT2D eigenvalue weighted by atomic mass is 10.1. The second-order valence-electron chi connectivity index (χ2n) is 7.82. The summed E-state index contributed by atoms with van der Waals surface area (Å²) in [6.07, 6.45) is -0.571. The molecule has 3 aromatic heterocycles. The van der Waals surface area contributed by atoms with E-state index < -0.39 is 11.7 Å². The number of benzene rings is 2. The lowest BCUT2D eigenvalue weighted by Gasteiger charge is -2.10. The van der Waals surface area contributed by atoms with E-state index >= 15 is 0 Å². The number of aryl methyl sites for hydroxylation is 1. The third-order valence-electron chi connectivity index (χ3n) is 5.58. The van der Waals surface area contributed by atoms with Crippen LogP contribution in [0.15, 0.2) is 62.9 Å². The maximum absolute atomic E-state index is 12.3. The van der Waals surface area contributed by atoms with E-state index in [1.807, 2.05) is 35.6 Å². The van der Waals surface area contributed by atoms with Crippen molar-refractivity contribution >= 4 is 51.1 Å². The van der Waals surface area contributed by atoms with Gasteiger partial charge in [-0.05, 0) is 55.3 Å². The van der Waals surface area contributed by atoms with Crippen LogP contribution in [-0.2, 0) is 10.5 Å². The Morgan fingerprint density at radius 3 is 2.74 bits per heavy atom. The molecule has 0 aliphatic carbocycles. The maximum atomic E-state index is 12.3. The second kappa shape index (κ2) is 9.30. The number of fused-ring (bicyclic) bond motifs is 4. The monoisotopic (exact) mass is 490 g/mol. The predicted molar refractivity (Wildman–Crippen MR) is 134 cm³/mol. The number of anilines is 1. The lowest BCUT2D eigenvalue weighted by Crippen LogP contribution is -2.13. The molecule has 0 atom stereocenters. The third-order valence-corrected chi connectivity index (χ3v) is 6.56. The number of rotatable bonds is 6. The van der Waals surface area contributed by atoms with Crippen LogP contribution in [0, 0.1) is 6.92 Å². The molecule has 1 amide bonds. The highest BCUT2D eigenvalue weighted by atomic mass is 32.2. The topological polar surface area (TPSA) is 108 Å². The fraction of sp³-hybridized carbons (Fsp3) is 0.200. The standard InChI is InChI=1S/C25H22N4O5S/c1-4-33-25(31)26-16-5-7-19-15(10-23(30)34-21(19)11-16)13-35-24-28-27-22-9-14(2)18-8-6-17(32-3)12-20(18)29(22)24/h5-12H,4,13H2,1-3H3,(H,26,31). The first-order valence-corrected chi connectivity index (χ1v) is 11.9. The van der Waals surface area contributed by atoms with E-state index in [4.69, 9.17) is 13.9 Å². The molecule has 178 valence electrons. The molecule has 0 saturated heterocycles. The molecule has 0 saturated carbocycles. The number of hydrogen-bond donors (Lipinski definition) is 1. The average Bonchev–Trinajstić information content (AvgIpc) is 3.24. The fourth-order valence-corrected chi connectivity index (χ4v) is 4.92. The Labute approximate surface area is 204 Å². The molecule has 0 radical (unpaired) electrons. The van der Waals surface area contributed by atoms with Crippen molar-refractivity contribution in [1.82, 2.24) is 14.6 Å². The summed E-state index contributed by atoms with van der Waals surface area (Å²) in [5.74, 6) is 1.21. The number of aromatic nitrogens is 3. The maximum Gasteiger partial charge on any atom is 0.411 e. The Balaban J connectivity index is 1.50. The molecule has 5 aromatic rings. The summed E-state index contributed by atoms with van der Waals surface area (Å²) in [4.78, 5) is 24.0. The van der Waals surface area contributed by atoms with Gasteiger partial charge in [0.2, 0.25) is 0 Å². The molecule has 2 aromatic carbocycles. The van der Waals surface area contributed by atoms with Gasteiger partial charge < -0.3 is 13.9 Å². The Bertz CT molecular complexity index is 1640. The molecule has 35 heavy (non-hydrogen) atoms. The van der Waals surface area contributed by atoms with Gasteiger partial charge in [0.1, 0.15) is 11.3 Å². The lowest BCUT2D eigenvalue weighted by molar-refractivity contribution is 0.168. The average molecular weight is 491 g/mol. The number of nitrogens with one attached hydrogen (secondary N) is 1. The molecule has 0 aliphatic rings. The van der Waals surface area contributed by atoms with Crippen molar-refractivity contribution in [2.24, 2.45) is 0 Å². The number of thioether (sulfide) groups is 1. The van der Waals surface area contributed by atoms with E-state index in [-0.39, 0.29) is 6.61 Å². The molecule has 0 bridgehead atoms. The van der Waals surface area contributed by atoms with Gasteiger partial charge >= 0.3 is 11.7 Å². The number of methoxy groups -OCH3 is 1. The normalized spacial score (nSPS) is 11.3. The van der Waals surface area contributed by atoms with Gasteiger partial charge in [0, 0.05) is 40.4 Å². The minimum absolute atomic E-state index is 0.259. The van der Waals surface area contributed by atoms with Gasteiger partial charge in [-0.1, -0.05) is 11.8 Å². The summed E-state index contributed by atoms with van der Waals surface area (Å²) in [5.41, 5.74) is 3.94. The molecule has 0 fully saturated rings. The quantitative estimate of drug-likeness (QED) is 0.257. The molecular weight excluding hydrogens is 468 g/mol. The summed E-state index contributed by atoms with van der Waals surface area (Å²) >= 11 is 1.47. The Morgan fingerprint density at radius 2 is 1.94 bits per heavy atom. The van der Waals surface area contributed by atoms with Crippen LogP contribution in [0.2, 0.25) is 0 Å². The van der Waals surface area contributed by atoms with E-state index in [0.717, 1.165) is 38.8 Å². The number of carbonyl (C=O) groups is 1. The minimum Gasteiger partial charge on any atom is -0.497 e. The van der Waals surface area contributed by atoms with Gasteiger partial charge in [-0.3, -0.25) is 9.72 Å². The van der Waals surface area contributed by atoms with Crippen LogP contribution >= 0.6 is 11.8 Å². The van der Waals surface area contributed by atoms with E-state index in [1.54, 1.807) is 32.2 Å². The van der Waals surface area contributed by atoms with Crippen LogP contribution in [0.25, 0.3) is 27.5 Å². The summed E-state index contributed by atoms with van der Waals surface area (Å²) in [6, 6.07) is 14.5. The van der Waals surface area contributed by atoms with Crippen molar-refractivity contribution in [2.75, 3.05) is 19.0 Å². The number of pyridine rings is 1. The molecule has 5 rings (SSSR count). The van der Waals surface area contributed by atoms with Crippen LogP contribution in [0.4, 0.5) is 10.5 Å². The first-order chi connectivity index (χ1) is 17.0. The highest BCUT2D eigenvalue weighted by molar-refractivity contribution is 7.98. The minimum atomic E-state index is -0.571.